The fourth-order valence-electron chi connectivity index (χ4n) is 3.27. The van der Waals surface area contributed by atoms with Crippen LogP contribution in [0, 0.1) is 0 Å². The van der Waals surface area contributed by atoms with Crippen molar-refractivity contribution >= 4 is 23.3 Å². The lowest BCUT2D eigenvalue weighted by atomic mass is 10.1. The fraction of sp³-hybridized carbons (Fsp3) is 0.150. The molecule has 0 radical (unpaired) electrons. The summed E-state index contributed by atoms with van der Waals surface area (Å²) in [4.78, 5) is 39.2. The van der Waals surface area contributed by atoms with Crippen molar-refractivity contribution in [2.24, 2.45) is 0 Å². The number of carbonyl (C=O) groups excluding carboxylic acids is 3. The third kappa shape index (κ3) is 2.30. The molecule has 0 N–H and O–H groups in total. The van der Waals surface area contributed by atoms with Gasteiger partial charge in [0.25, 0.3) is 11.8 Å². The first-order valence-electron chi connectivity index (χ1n) is 8.33. The number of carbonyl (C=O) groups is 3. The Hall–Kier alpha value is -3.41. The van der Waals surface area contributed by atoms with Crippen LogP contribution in [0.3, 0.4) is 0 Å². The van der Waals surface area contributed by atoms with Crippen molar-refractivity contribution < 1.29 is 19.1 Å². The van der Waals surface area contributed by atoms with E-state index in [0.29, 0.717) is 5.52 Å². The number of fused-ring (bicyclic) bond motifs is 3. The molecule has 6 heteroatoms. The topological polar surface area (TPSA) is 68.1 Å². The van der Waals surface area contributed by atoms with Gasteiger partial charge in [-0.15, -0.1) is 0 Å². The lowest BCUT2D eigenvalue weighted by Crippen LogP contribution is -2.30. The van der Waals surface area contributed by atoms with Crippen molar-refractivity contribution in [2.75, 3.05) is 6.54 Å². The Balaban J connectivity index is 1.78. The highest BCUT2D eigenvalue weighted by Crippen LogP contribution is 2.32. The predicted octanol–water partition coefficient (Wildman–Crippen LogP) is 2.91. The summed E-state index contributed by atoms with van der Waals surface area (Å²) in [7, 11) is 0. The minimum absolute atomic E-state index is 0.0914. The molecule has 2 amide bonds. The first kappa shape index (κ1) is 16.1. The van der Waals surface area contributed by atoms with E-state index >= 15 is 0 Å². The van der Waals surface area contributed by atoms with Gasteiger partial charge < -0.3 is 9.14 Å². The summed E-state index contributed by atoms with van der Waals surface area (Å²) in [6.07, 6.45) is 1.66. The first-order valence-corrected chi connectivity index (χ1v) is 8.33. The largest absolute Gasteiger partial charge is 0.456 e. The van der Waals surface area contributed by atoms with Gasteiger partial charge in [-0.1, -0.05) is 36.4 Å². The number of hydrogen-bond acceptors (Lipinski definition) is 4. The SMILES string of the molecule is CCN1C(=O)c2c(c3ccccn3c2C(=O)OCc2ccccc2)C1=O. The number of ether oxygens (including phenoxy) is 1. The molecule has 1 aliphatic heterocycles. The molecule has 6 nitrogen and oxygen atoms in total. The maximum atomic E-state index is 12.8. The molecule has 0 bridgehead atoms. The van der Waals surface area contributed by atoms with E-state index < -0.39 is 11.9 Å². The molecule has 0 spiro atoms. The minimum Gasteiger partial charge on any atom is -0.456 e. The van der Waals surface area contributed by atoms with Crippen LogP contribution in [0.1, 0.15) is 43.7 Å². The average Bonchev–Trinajstić information content (AvgIpc) is 3.14. The first-order chi connectivity index (χ1) is 12.6. The molecule has 4 rings (SSSR count). The van der Waals surface area contributed by atoms with Gasteiger partial charge in [-0.25, -0.2) is 4.79 Å². The molecular weight excluding hydrogens is 332 g/mol. The summed E-state index contributed by atoms with van der Waals surface area (Å²) in [5.74, 6) is -1.46. The maximum absolute atomic E-state index is 12.8. The van der Waals surface area contributed by atoms with Crippen LogP contribution in [-0.4, -0.2) is 33.6 Å². The number of hydrogen-bond donors (Lipinski definition) is 0. The van der Waals surface area contributed by atoms with Gasteiger partial charge in [0.05, 0.1) is 16.6 Å². The summed E-state index contributed by atoms with van der Waals surface area (Å²) in [6, 6.07) is 14.5. The van der Waals surface area contributed by atoms with Crippen LogP contribution in [0.2, 0.25) is 0 Å². The molecule has 0 saturated carbocycles. The number of esters is 1. The molecule has 1 aromatic carbocycles. The normalized spacial score (nSPS) is 13.3. The van der Waals surface area contributed by atoms with Gasteiger partial charge in [-0.2, -0.15) is 0 Å². The average molecular weight is 348 g/mol. The lowest BCUT2D eigenvalue weighted by molar-refractivity contribution is 0.0458. The number of benzene rings is 1. The quantitative estimate of drug-likeness (QED) is 0.537. The molecule has 0 atom stereocenters. The second kappa shape index (κ2) is 6.15. The number of nitrogens with zero attached hydrogens (tertiary/aromatic N) is 2. The number of rotatable bonds is 4. The third-order valence-electron chi connectivity index (χ3n) is 4.48. The third-order valence-corrected chi connectivity index (χ3v) is 4.48. The van der Waals surface area contributed by atoms with Crippen molar-refractivity contribution in [3.05, 3.63) is 77.1 Å². The lowest BCUT2D eigenvalue weighted by Gasteiger charge is -2.12. The molecule has 3 aromatic rings. The Bertz CT molecular complexity index is 1040. The number of aromatic nitrogens is 1. The van der Waals surface area contributed by atoms with E-state index in [2.05, 4.69) is 0 Å². The predicted molar refractivity (Wildman–Crippen MR) is 94.0 cm³/mol. The summed E-state index contributed by atoms with van der Waals surface area (Å²) in [6.45, 7) is 2.07. The van der Waals surface area contributed by atoms with Gasteiger partial charge in [0, 0.05) is 12.7 Å². The van der Waals surface area contributed by atoms with Gasteiger partial charge in [0.1, 0.15) is 12.3 Å². The van der Waals surface area contributed by atoms with E-state index in [1.807, 2.05) is 30.3 Å². The molecule has 26 heavy (non-hydrogen) atoms. The van der Waals surface area contributed by atoms with Crippen LogP contribution in [0.25, 0.3) is 5.52 Å². The highest BCUT2D eigenvalue weighted by molar-refractivity contribution is 6.27. The zero-order chi connectivity index (χ0) is 18.3. The van der Waals surface area contributed by atoms with Crippen molar-refractivity contribution in [3.63, 3.8) is 0 Å². The fourth-order valence-corrected chi connectivity index (χ4v) is 3.27. The van der Waals surface area contributed by atoms with Crippen molar-refractivity contribution in [3.8, 4) is 0 Å². The van der Waals surface area contributed by atoms with Gasteiger partial charge >= 0.3 is 5.97 Å². The van der Waals surface area contributed by atoms with Crippen LogP contribution in [0.4, 0.5) is 0 Å². The number of pyridine rings is 1. The minimum atomic E-state index is -0.629. The van der Waals surface area contributed by atoms with E-state index in [1.165, 1.54) is 0 Å². The van der Waals surface area contributed by atoms with Gasteiger partial charge in [-0.05, 0) is 24.6 Å². The zero-order valence-corrected chi connectivity index (χ0v) is 14.1. The second-order valence-corrected chi connectivity index (χ2v) is 5.97. The molecule has 2 aromatic heterocycles. The van der Waals surface area contributed by atoms with E-state index in [0.717, 1.165) is 10.5 Å². The number of imide groups is 1. The molecule has 0 aliphatic carbocycles. The van der Waals surface area contributed by atoms with Crippen LogP contribution >= 0.6 is 0 Å². The van der Waals surface area contributed by atoms with Gasteiger partial charge in [-0.3, -0.25) is 14.5 Å². The summed E-state index contributed by atoms with van der Waals surface area (Å²) in [5.41, 5.74) is 1.87. The summed E-state index contributed by atoms with van der Waals surface area (Å²) < 4.78 is 6.97. The van der Waals surface area contributed by atoms with Crippen molar-refractivity contribution in [1.29, 1.82) is 0 Å². The molecule has 0 unspecified atom stereocenters. The monoisotopic (exact) mass is 348 g/mol. The Morgan fingerprint density at radius 2 is 1.65 bits per heavy atom. The zero-order valence-electron chi connectivity index (χ0n) is 14.1. The Labute approximate surface area is 149 Å². The Kier molecular flexibility index (Phi) is 3.80. The van der Waals surface area contributed by atoms with Gasteiger partial charge in [0.15, 0.2) is 0 Å². The molecular formula is C20H16N2O4. The van der Waals surface area contributed by atoms with E-state index in [9.17, 15) is 14.4 Å². The molecule has 0 saturated heterocycles. The maximum Gasteiger partial charge on any atom is 0.356 e. The summed E-state index contributed by atoms with van der Waals surface area (Å²) >= 11 is 0. The van der Waals surface area contributed by atoms with Crippen molar-refractivity contribution in [2.45, 2.75) is 13.5 Å². The highest BCUT2D eigenvalue weighted by Gasteiger charge is 2.42. The van der Waals surface area contributed by atoms with Gasteiger partial charge in [0.2, 0.25) is 0 Å². The van der Waals surface area contributed by atoms with E-state index in [-0.39, 0.29) is 35.9 Å². The number of amides is 2. The molecule has 1 aliphatic rings. The van der Waals surface area contributed by atoms with Crippen LogP contribution < -0.4 is 0 Å². The molecule has 0 fully saturated rings. The van der Waals surface area contributed by atoms with Crippen LogP contribution in [0.5, 0.6) is 0 Å². The Morgan fingerprint density at radius 3 is 2.38 bits per heavy atom. The Morgan fingerprint density at radius 1 is 0.962 bits per heavy atom. The molecule has 3 heterocycles. The van der Waals surface area contributed by atoms with Crippen molar-refractivity contribution in [1.82, 2.24) is 9.30 Å². The van der Waals surface area contributed by atoms with Crippen LogP contribution in [0.15, 0.2) is 54.7 Å². The van der Waals surface area contributed by atoms with Crippen LogP contribution in [-0.2, 0) is 11.3 Å². The smallest absolute Gasteiger partial charge is 0.356 e. The summed E-state index contributed by atoms with van der Waals surface area (Å²) in [5, 5.41) is 0. The highest BCUT2D eigenvalue weighted by atomic mass is 16.5. The van der Waals surface area contributed by atoms with E-state index in [4.69, 9.17) is 4.74 Å². The second-order valence-electron chi connectivity index (χ2n) is 5.97. The van der Waals surface area contributed by atoms with E-state index in [1.54, 1.807) is 35.7 Å². The standard InChI is InChI=1S/C20H16N2O4/c1-2-21-18(23)15-14-10-6-7-11-22(14)17(16(15)19(21)24)20(25)26-12-13-8-4-3-5-9-13/h3-11H,2,12H2,1H3. The molecule has 130 valence electrons.